The molecule has 2 aromatic carbocycles. The minimum atomic E-state index is -1.32. The molecule has 0 fully saturated rings. The number of carboxylic acids is 2. The fourth-order valence-electron chi connectivity index (χ4n) is 4.35. The van der Waals surface area contributed by atoms with Gasteiger partial charge >= 0.3 is 19.5 Å². The summed E-state index contributed by atoms with van der Waals surface area (Å²) in [7, 11) is 0. The number of aromatic hydroxyl groups is 2. The first-order valence-electron chi connectivity index (χ1n) is 14.4. The van der Waals surface area contributed by atoms with Gasteiger partial charge in [-0.3, -0.25) is 0 Å². The van der Waals surface area contributed by atoms with Gasteiger partial charge in [0.1, 0.15) is 11.5 Å². The molecule has 0 aliphatic rings. The van der Waals surface area contributed by atoms with Gasteiger partial charge in [-0.25, -0.2) is 0 Å². The summed E-state index contributed by atoms with van der Waals surface area (Å²) in [6.07, 6.45) is 5.36. The van der Waals surface area contributed by atoms with Crippen molar-refractivity contribution in [3.8, 4) is 11.5 Å². The molecule has 2 N–H and O–H groups in total. The number of hydrogen-bond donors (Lipinski definition) is 2. The van der Waals surface area contributed by atoms with E-state index in [9.17, 15) is 30.0 Å². The Morgan fingerprint density at radius 1 is 0.659 bits per heavy atom. The van der Waals surface area contributed by atoms with Crippen LogP contribution in [0.3, 0.4) is 0 Å². The molecule has 0 saturated heterocycles. The summed E-state index contributed by atoms with van der Waals surface area (Å²) in [5, 5.41) is 42.5. The number of carboxylic acid groups (broad SMARTS) is 2. The van der Waals surface area contributed by atoms with Crippen LogP contribution in [0.4, 0.5) is 0 Å². The Morgan fingerprint density at radius 2 is 0.951 bits per heavy atom. The van der Waals surface area contributed by atoms with E-state index in [0.717, 1.165) is 36.8 Å². The van der Waals surface area contributed by atoms with Crippen molar-refractivity contribution < 1.29 is 49.5 Å². The van der Waals surface area contributed by atoms with Gasteiger partial charge in [0, 0.05) is 11.1 Å². The smallest absolute Gasteiger partial charge is 0.545 e. The fourth-order valence-corrected chi connectivity index (χ4v) is 4.35. The van der Waals surface area contributed by atoms with Crippen molar-refractivity contribution in [2.45, 2.75) is 119 Å². The Morgan fingerprint density at radius 3 is 1.17 bits per heavy atom. The average Bonchev–Trinajstić information content (AvgIpc) is 2.79. The molecule has 7 heteroatoms. The number of rotatable bonds is 10. The van der Waals surface area contributed by atoms with Crippen LogP contribution in [0.25, 0.3) is 0 Å². The first-order valence-corrected chi connectivity index (χ1v) is 14.4. The molecule has 0 aromatic heterocycles. The molecule has 0 atom stereocenters. The Bertz CT molecular complexity index is 1060. The summed E-state index contributed by atoms with van der Waals surface area (Å²) in [6, 6.07) is 6.89. The van der Waals surface area contributed by atoms with Crippen LogP contribution in [0.2, 0.25) is 0 Å². The first kappa shape index (κ1) is 38.6. The van der Waals surface area contributed by atoms with Gasteiger partial charge < -0.3 is 30.0 Å². The van der Waals surface area contributed by atoms with Crippen LogP contribution in [0.5, 0.6) is 11.5 Å². The zero-order valence-corrected chi connectivity index (χ0v) is 29.9. The van der Waals surface area contributed by atoms with E-state index in [1.165, 1.54) is 12.1 Å². The van der Waals surface area contributed by atoms with E-state index in [0.29, 0.717) is 35.8 Å². The van der Waals surface area contributed by atoms with E-state index in [1.807, 2.05) is 53.7 Å². The molecule has 224 valence electrons. The van der Waals surface area contributed by atoms with E-state index in [1.54, 1.807) is 0 Å². The first-order chi connectivity index (χ1) is 18.2. The summed E-state index contributed by atoms with van der Waals surface area (Å²) in [5.41, 5.74) is 2.71. The third-order valence-electron chi connectivity index (χ3n) is 7.00. The third kappa shape index (κ3) is 12.6. The summed E-state index contributed by atoms with van der Waals surface area (Å²) in [4.78, 5) is 22.3. The molecule has 0 aliphatic heterocycles. The minimum Gasteiger partial charge on any atom is -0.545 e. The van der Waals surface area contributed by atoms with Crippen molar-refractivity contribution in [3.05, 3.63) is 57.6 Å². The predicted octanol–water partition coefficient (Wildman–Crippen LogP) is 6.06. The standard InChI is InChI=1S/2C17H26O3.Zn/c2*1-11(2)7-6-8-12-9-13(17(3,4)5)10-14(15(12)18)16(19)20;/h2*9-11,18H,6-8H2,1-5H3,(H,19,20);/q;;+2/p-2. The van der Waals surface area contributed by atoms with Crippen molar-refractivity contribution in [3.63, 3.8) is 0 Å². The molecular weight excluding hydrogens is 570 g/mol. The number of aromatic carboxylic acids is 2. The van der Waals surface area contributed by atoms with E-state index >= 15 is 0 Å². The van der Waals surface area contributed by atoms with Crippen LogP contribution in [0.15, 0.2) is 24.3 Å². The van der Waals surface area contributed by atoms with E-state index in [2.05, 4.69) is 27.7 Å². The summed E-state index contributed by atoms with van der Waals surface area (Å²) < 4.78 is 0. The molecule has 6 nitrogen and oxygen atoms in total. The second-order valence-corrected chi connectivity index (χ2v) is 13.7. The topological polar surface area (TPSA) is 121 Å². The van der Waals surface area contributed by atoms with Crippen LogP contribution in [0.1, 0.15) is 138 Å². The molecule has 41 heavy (non-hydrogen) atoms. The second kappa shape index (κ2) is 16.3. The molecule has 0 heterocycles. The molecule has 0 unspecified atom stereocenters. The Labute approximate surface area is 260 Å². The van der Waals surface area contributed by atoms with Crippen molar-refractivity contribution in [2.75, 3.05) is 0 Å². The SMILES string of the molecule is CC(C)CCCc1cc(C(C)(C)C)cc(C(=O)[O-])c1O.CC(C)CCCc1cc(C(C)(C)C)cc(C(=O)[O-])c1O.[Zn+2]. The molecule has 0 radical (unpaired) electrons. The van der Waals surface area contributed by atoms with E-state index in [-0.39, 0.29) is 52.9 Å². The largest absolute Gasteiger partial charge is 2.00 e. The normalized spacial score (nSPS) is 11.6. The van der Waals surface area contributed by atoms with E-state index in [4.69, 9.17) is 0 Å². The monoisotopic (exact) mass is 618 g/mol. The number of hydrogen-bond acceptors (Lipinski definition) is 6. The van der Waals surface area contributed by atoms with Gasteiger partial charge in [0.05, 0.1) is 11.9 Å². The molecule has 0 aliphatic carbocycles. The molecule has 0 spiro atoms. The van der Waals surface area contributed by atoms with Gasteiger partial charge in [0.15, 0.2) is 0 Å². The quantitative estimate of drug-likeness (QED) is 0.312. The molecule has 0 amide bonds. The zero-order valence-electron chi connectivity index (χ0n) is 26.9. The van der Waals surface area contributed by atoms with Crippen LogP contribution >= 0.6 is 0 Å². The minimum absolute atomic E-state index is 0. The third-order valence-corrected chi connectivity index (χ3v) is 7.00. The van der Waals surface area contributed by atoms with E-state index < -0.39 is 11.9 Å². The number of phenols is 2. The molecule has 0 saturated carbocycles. The zero-order chi connectivity index (χ0) is 31.0. The van der Waals surface area contributed by atoms with Gasteiger partial charge in [-0.05, 0) is 82.7 Å². The number of carbonyl (C=O) groups excluding carboxylic acids is 2. The molecule has 0 bridgehead atoms. The Balaban J connectivity index is 0.000000762. The van der Waals surface area contributed by atoms with Crippen LogP contribution in [0, 0.1) is 11.8 Å². The maximum Gasteiger partial charge on any atom is 2.00 e. The van der Waals surface area contributed by atoms with Gasteiger partial charge in [-0.1, -0.05) is 94.2 Å². The van der Waals surface area contributed by atoms with Gasteiger partial charge in [-0.2, -0.15) is 0 Å². The molecule has 2 rings (SSSR count). The average molecular weight is 620 g/mol. The summed E-state index contributed by atoms with van der Waals surface area (Å²) in [6.45, 7) is 20.7. The van der Waals surface area contributed by atoms with Crippen LogP contribution in [-0.2, 0) is 43.1 Å². The van der Waals surface area contributed by atoms with Crippen molar-refractivity contribution in [1.29, 1.82) is 0 Å². The molecule has 2 aromatic rings. The second-order valence-electron chi connectivity index (χ2n) is 13.7. The number of benzene rings is 2. The number of carbonyl (C=O) groups is 2. The predicted molar refractivity (Wildman–Crippen MR) is 158 cm³/mol. The Hall–Kier alpha value is -2.40. The van der Waals surface area contributed by atoms with Crippen molar-refractivity contribution in [2.24, 2.45) is 11.8 Å². The van der Waals surface area contributed by atoms with Gasteiger partial charge in [-0.15, -0.1) is 0 Å². The van der Waals surface area contributed by atoms with Crippen molar-refractivity contribution in [1.82, 2.24) is 0 Å². The summed E-state index contributed by atoms with van der Waals surface area (Å²) >= 11 is 0. The van der Waals surface area contributed by atoms with Crippen LogP contribution in [-0.4, -0.2) is 22.2 Å². The van der Waals surface area contributed by atoms with Gasteiger partial charge in [0.25, 0.3) is 0 Å². The Kier molecular flexibility index (Phi) is 15.3. The number of aryl methyl sites for hydroxylation is 2. The van der Waals surface area contributed by atoms with Crippen molar-refractivity contribution >= 4 is 11.9 Å². The maximum atomic E-state index is 11.2. The maximum absolute atomic E-state index is 11.2. The fraction of sp³-hybridized carbons (Fsp3) is 0.588. The molecular formula is C34H50O6Zn. The van der Waals surface area contributed by atoms with Gasteiger partial charge in [0.2, 0.25) is 0 Å². The summed E-state index contributed by atoms with van der Waals surface area (Å²) in [5.74, 6) is -1.71. The van der Waals surface area contributed by atoms with Crippen LogP contribution < -0.4 is 10.2 Å².